The molecule has 0 aliphatic heterocycles. The molecule has 0 atom stereocenters. The predicted octanol–water partition coefficient (Wildman–Crippen LogP) is 4.77. The molecular weight excluding hydrogens is 506 g/mol. The summed E-state index contributed by atoms with van der Waals surface area (Å²) in [5.41, 5.74) is -0.506. The van der Waals surface area contributed by atoms with E-state index in [-0.39, 0.29) is 22.3 Å². The summed E-state index contributed by atoms with van der Waals surface area (Å²) in [4.78, 5) is 19.4. The number of alkyl halides is 3. The van der Waals surface area contributed by atoms with Crippen molar-refractivity contribution in [3.05, 3.63) is 34.1 Å². The number of carboxylic acids is 1. The molecule has 0 fully saturated rings. The van der Waals surface area contributed by atoms with E-state index in [9.17, 15) is 18.3 Å². The van der Waals surface area contributed by atoms with Gasteiger partial charge in [0.05, 0.1) is 27.6 Å². The van der Waals surface area contributed by atoms with Crippen LogP contribution in [0.15, 0.2) is 23.5 Å². The fourth-order valence-electron chi connectivity index (χ4n) is 2.91. The molecule has 0 amide bonds. The molecule has 0 unspecified atom stereocenters. The summed E-state index contributed by atoms with van der Waals surface area (Å²) < 4.78 is 40.5. The summed E-state index contributed by atoms with van der Waals surface area (Å²) in [7, 11) is 0. The maximum absolute atomic E-state index is 13.1. The number of aromatic nitrogens is 4. The summed E-state index contributed by atoms with van der Waals surface area (Å²) in [6, 6.07) is 1.61. The Hall–Kier alpha value is -2.28. The van der Waals surface area contributed by atoms with Gasteiger partial charge in [0, 0.05) is 20.0 Å². The Kier molecular flexibility index (Phi) is 9.18. The number of hydrogen-bond donors (Lipinski definition) is 2. The molecule has 2 heterocycles. The Bertz CT molecular complexity index is 1120. The third kappa shape index (κ3) is 6.19. The third-order valence-corrected chi connectivity index (χ3v) is 5.46. The van der Waals surface area contributed by atoms with Crippen molar-refractivity contribution in [2.75, 3.05) is 30.9 Å². The van der Waals surface area contributed by atoms with E-state index < -0.39 is 17.7 Å². The average Bonchev–Trinajstić information content (AvgIpc) is 3.09. The molecule has 3 rings (SSSR count). The Labute approximate surface area is 201 Å². The molecule has 8 nitrogen and oxygen atoms in total. The number of likely N-dealkylation sites (N-methyl/N-ethyl adjacent to an activating group) is 1. The molecular formula is C19H20Cl2F3N5O3S. The zero-order valence-corrected chi connectivity index (χ0v) is 20.0. The first kappa shape index (κ1) is 27.0. The minimum Gasteiger partial charge on any atom is -0.481 e. The van der Waals surface area contributed by atoms with Crippen LogP contribution in [0.5, 0.6) is 0 Å². The van der Waals surface area contributed by atoms with Gasteiger partial charge in [0.2, 0.25) is 0 Å². The molecule has 0 saturated heterocycles. The van der Waals surface area contributed by atoms with Crippen molar-refractivity contribution < 1.29 is 28.2 Å². The Balaban J connectivity index is 0.000000890. The van der Waals surface area contributed by atoms with E-state index in [0.717, 1.165) is 19.1 Å². The fraction of sp³-hybridized carbons (Fsp3) is 0.368. The van der Waals surface area contributed by atoms with E-state index in [1.54, 1.807) is 6.26 Å². The Morgan fingerprint density at radius 3 is 2.27 bits per heavy atom. The number of aliphatic hydroxyl groups excluding tert-OH is 1. The molecule has 3 aromatic rings. The van der Waals surface area contributed by atoms with Crippen molar-refractivity contribution in [1.82, 2.24) is 19.7 Å². The van der Waals surface area contributed by atoms with Crippen LogP contribution in [-0.2, 0) is 11.0 Å². The van der Waals surface area contributed by atoms with E-state index >= 15 is 0 Å². The summed E-state index contributed by atoms with van der Waals surface area (Å²) in [5.74, 6) is -0.277. The van der Waals surface area contributed by atoms with Crippen LogP contribution in [0.2, 0.25) is 10.0 Å². The molecule has 14 heteroatoms. The molecule has 2 N–H and O–H groups in total. The van der Waals surface area contributed by atoms with Crippen LogP contribution >= 0.6 is 35.0 Å². The summed E-state index contributed by atoms with van der Waals surface area (Å²) in [5, 5.41) is 22.0. The third-order valence-electron chi connectivity index (χ3n) is 4.21. The number of fused-ring (bicyclic) bond motifs is 1. The number of halogens is 5. The number of benzene rings is 1. The highest BCUT2D eigenvalue weighted by Crippen LogP contribution is 2.40. The van der Waals surface area contributed by atoms with Crippen LogP contribution in [0.3, 0.4) is 0 Å². The van der Waals surface area contributed by atoms with E-state index in [1.165, 1.54) is 22.8 Å². The minimum absolute atomic E-state index is 0.0708. The van der Waals surface area contributed by atoms with Crippen LogP contribution in [-0.4, -0.2) is 61.9 Å². The van der Waals surface area contributed by atoms with Crippen molar-refractivity contribution in [3.63, 3.8) is 0 Å². The fourth-order valence-corrected chi connectivity index (χ4v) is 4.11. The van der Waals surface area contributed by atoms with Gasteiger partial charge in [0.15, 0.2) is 5.65 Å². The second-order valence-corrected chi connectivity index (χ2v) is 8.03. The Morgan fingerprint density at radius 2 is 1.82 bits per heavy atom. The number of aliphatic hydroxyl groups is 1. The van der Waals surface area contributed by atoms with Gasteiger partial charge >= 0.3 is 6.18 Å². The van der Waals surface area contributed by atoms with Crippen LogP contribution in [0.4, 0.5) is 19.0 Å². The first-order chi connectivity index (χ1) is 15.5. The van der Waals surface area contributed by atoms with Crippen LogP contribution in [0, 0.1) is 0 Å². The molecule has 0 radical (unpaired) electrons. The molecule has 180 valence electrons. The number of thioether (sulfide) groups is 1. The second-order valence-electron chi connectivity index (χ2n) is 6.43. The quantitative estimate of drug-likeness (QED) is 0.443. The largest absolute Gasteiger partial charge is 0.481 e. The van der Waals surface area contributed by atoms with E-state index in [2.05, 4.69) is 15.1 Å². The minimum atomic E-state index is -4.58. The lowest BCUT2D eigenvalue weighted by atomic mass is 10.2. The first-order valence-corrected chi connectivity index (χ1v) is 11.3. The monoisotopic (exact) mass is 525 g/mol. The standard InChI is InChI=1S/C17H16Cl2F3N5OS.C2H4O2/c1-3-26(4-5-28)14-12-15(24-8-23-14)27(25-16(12)29-2)13-10(18)6-9(7-11(13)19)17(20,21)22;1-2(3)4/h6-8,28H,3-5H2,1-2H3;1H3,(H,3,4). The normalized spacial score (nSPS) is 11.3. The number of rotatable bonds is 6. The van der Waals surface area contributed by atoms with Gasteiger partial charge in [0.1, 0.15) is 22.9 Å². The highest BCUT2D eigenvalue weighted by molar-refractivity contribution is 7.98. The van der Waals surface area contributed by atoms with Crippen molar-refractivity contribution in [1.29, 1.82) is 0 Å². The maximum atomic E-state index is 13.1. The second kappa shape index (κ2) is 11.2. The summed E-state index contributed by atoms with van der Waals surface area (Å²) >= 11 is 13.7. The smallest absolute Gasteiger partial charge is 0.416 e. The number of aliphatic carboxylic acids is 1. The van der Waals surface area contributed by atoms with Gasteiger partial charge in [-0.1, -0.05) is 23.2 Å². The number of carboxylic acid groups (broad SMARTS) is 1. The zero-order chi connectivity index (χ0) is 24.9. The number of anilines is 1. The van der Waals surface area contributed by atoms with Crippen LogP contribution in [0.1, 0.15) is 19.4 Å². The molecule has 0 aliphatic rings. The van der Waals surface area contributed by atoms with Gasteiger partial charge < -0.3 is 15.1 Å². The van der Waals surface area contributed by atoms with Crippen LogP contribution < -0.4 is 4.90 Å². The lowest BCUT2D eigenvalue weighted by molar-refractivity contribution is -0.137. The topological polar surface area (TPSA) is 104 Å². The van der Waals surface area contributed by atoms with Gasteiger partial charge in [-0.25, -0.2) is 14.6 Å². The van der Waals surface area contributed by atoms with Crippen molar-refractivity contribution in [3.8, 4) is 5.69 Å². The zero-order valence-electron chi connectivity index (χ0n) is 17.7. The van der Waals surface area contributed by atoms with Crippen molar-refractivity contribution in [2.24, 2.45) is 0 Å². The summed E-state index contributed by atoms with van der Waals surface area (Å²) in [6.45, 7) is 3.85. The number of nitrogens with zero attached hydrogens (tertiary/aromatic N) is 5. The molecule has 0 bridgehead atoms. The highest BCUT2D eigenvalue weighted by atomic mass is 35.5. The van der Waals surface area contributed by atoms with Gasteiger partial charge in [-0.2, -0.15) is 18.3 Å². The molecule has 0 saturated carbocycles. The van der Waals surface area contributed by atoms with E-state index in [1.807, 2.05) is 11.8 Å². The predicted molar refractivity (Wildman–Crippen MR) is 122 cm³/mol. The molecule has 33 heavy (non-hydrogen) atoms. The molecule has 1 aromatic carbocycles. The lowest BCUT2D eigenvalue weighted by Gasteiger charge is -2.21. The molecule has 0 aliphatic carbocycles. The lowest BCUT2D eigenvalue weighted by Crippen LogP contribution is -2.27. The number of hydrogen-bond acceptors (Lipinski definition) is 7. The van der Waals surface area contributed by atoms with Crippen molar-refractivity contribution in [2.45, 2.75) is 25.0 Å². The molecule has 0 spiro atoms. The number of carbonyl (C=O) groups is 1. The summed E-state index contributed by atoms with van der Waals surface area (Å²) in [6.07, 6.45) is -1.45. The van der Waals surface area contributed by atoms with Gasteiger partial charge in [-0.05, 0) is 25.3 Å². The SMILES string of the molecule is CC(=O)O.CCN(CCO)c1ncnc2c1c(SC)nn2-c1c(Cl)cc(C(F)(F)F)cc1Cl. The van der Waals surface area contributed by atoms with E-state index in [0.29, 0.717) is 35.0 Å². The van der Waals surface area contributed by atoms with Gasteiger partial charge in [-0.15, -0.1) is 11.8 Å². The average molecular weight is 526 g/mol. The first-order valence-electron chi connectivity index (χ1n) is 9.35. The maximum Gasteiger partial charge on any atom is 0.416 e. The highest BCUT2D eigenvalue weighted by Gasteiger charge is 2.33. The molecule has 2 aromatic heterocycles. The van der Waals surface area contributed by atoms with Crippen molar-refractivity contribution >= 4 is 57.8 Å². The van der Waals surface area contributed by atoms with Gasteiger partial charge in [-0.3, -0.25) is 4.79 Å². The van der Waals surface area contributed by atoms with Gasteiger partial charge in [0.25, 0.3) is 5.97 Å². The van der Waals surface area contributed by atoms with E-state index in [4.69, 9.17) is 33.1 Å². The Morgan fingerprint density at radius 1 is 1.24 bits per heavy atom. The van der Waals surface area contributed by atoms with Crippen LogP contribution in [0.25, 0.3) is 16.7 Å².